The van der Waals surface area contributed by atoms with E-state index in [0.29, 0.717) is 29.6 Å². The van der Waals surface area contributed by atoms with Crippen LogP contribution in [-0.4, -0.2) is 41.8 Å². The number of hydrogen-bond acceptors (Lipinski definition) is 4. The molecule has 1 N–H and O–H groups in total. The zero-order valence-corrected chi connectivity index (χ0v) is 20.4. The number of Topliss-reactive ketones (excluding diaryl/α,β-unsaturated/α-hetero) is 1. The van der Waals surface area contributed by atoms with Crippen LogP contribution in [0.25, 0.3) is 22.1 Å². The molecule has 5 heteroatoms. The van der Waals surface area contributed by atoms with Crippen molar-refractivity contribution in [3.8, 4) is 11.1 Å². The highest BCUT2D eigenvalue weighted by molar-refractivity contribution is 6.01. The Morgan fingerprint density at radius 3 is 2.47 bits per heavy atom. The van der Waals surface area contributed by atoms with Gasteiger partial charge in [0.15, 0.2) is 11.5 Å². The number of rotatable bonds is 6. The van der Waals surface area contributed by atoms with Gasteiger partial charge in [-0.25, -0.2) is 0 Å². The van der Waals surface area contributed by atoms with E-state index in [0.717, 1.165) is 28.6 Å². The van der Waals surface area contributed by atoms with Crippen molar-refractivity contribution in [2.24, 2.45) is 11.8 Å². The smallest absolute Gasteiger partial charge is 0.224 e. The molecule has 34 heavy (non-hydrogen) atoms. The Labute approximate surface area is 201 Å². The van der Waals surface area contributed by atoms with Gasteiger partial charge in [-0.2, -0.15) is 0 Å². The molecule has 178 valence electrons. The summed E-state index contributed by atoms with van der Waals surface area (Å²) in [4.78, 5) is 28.3. The molecular weight excluding hydrogens is 424 g/mol. The fourth-order valence-electron chi connectivity index (χ4n) is 5.64. The average molecular weight is 459 g/mol. The highest BCUT2D eigenvalue weighted by Gasteiger charge is 2.35. The van der Waals surface area contributed by atoms with E-state index in [1.54, 1.807) is 0 Å². The number of benzene rings is 2. The van der Waals surface area contributed by atoms with Crippen molar-refractivity contribution >= 4 is 22.7 Å². The predicted molar refractivity (Wildman–Crippen MR) is 135 cm³/mol. The first-order valence-corrected chi connectivity index (χ1v) is 12.4. The molecule has 1 aromatic heterocycles. The largest absolute Gasteiger partial charge is 0.452 e. The molecule has 5 nitrogen and oxygen atoms in total. The lowest BCUT2D eigenvalue weighted by molar-refractivity contribution is -0.121. The van der Waals surface area contributed by atoms with Gasteiger partial charge in [0, 0.05) is 29.5 Å². The van der Waals surface area contributed by atoms with Crippen LogP contribution in [0.15, 0.2) is 52.9 Å². The standard InChI is InChI=1S/C29H34N2O3/c1-29(2,3)30-27(33)17-20-7-4-5-9-23(20)24-10-6-8-21-16-26(34-28(21)24)25(32)15-22-18-31-13-11-19(22)12-14-31/h4-10,16,19,22H,11-15,17-18H2,1-3H3,(H,30,33)/t22-/m0/s1. The second-order valence-electron chi connectivity index (χ2n) is 11.0. The lowest BCUT2D eigenvalue weighted by Gasteiger charge is -2.44. The zero-order chi connectivity index (χ0) is 23.9. The monoisotopic (exact) mass is 458 g/mol. The summed E-state index contributed by atoms with van der Waals surface area (Å²) in [5.41, 5.74) is 3.25. The summed E-state index contributed by atoms with van der Waals surface area (Å²) in [6, 6.07) is 15.8. The molecule has 3 aromatic rings. The molecule has 4 heterocycles. The Morgan fingerprint density at radius 2 is 1.76 bits per heavy atom. The van der Waals surface area contributed by atoms with Gasteiger partial charge in [0.2, 0.25) is 5.91 Å². The van der Waals surface area contributed by atoms with Crippen molar-refractivity contribution in [3.05, 3.63) is 59.9 Å². The number of ketones is 1. The number of piperidine rings is 3. The SMILES string of the molecule is CC(C)(C)NC(=O)Cc1ccccc1-c1cccc2cc(C(=O)C[C@H]3CN4CCC3CC4)oc12. The molecule has 0 aliphatic carbocycles. The van der Waals surface area contributed by atoms with E-state index in [-0.39, 0.29) is 23.7 Å². The lowest BCUT2D eigenvalue weighted by atomic mass is 9.76. The molecule has 1 atom stereocenters. The summed E-state index contributed by atoms with van der Waals surface area (Å²) in [6.45, 7) is 9.33. The molecule has 2 aromatic carbocycles. The van der Waals surface area contributed by atoms with Crippen LogP contribution in [0, 0.1) is 11.8 Å². The minimum atomic E-state index is -0.281. The third-order valence-electron chi connectivity index (χ3n) is 7.23. The van der Waals surface area contributed by atoms with E-state index in [1.807, 2.05) is 69.3 Å². The molecule has 2 bridgehead atoms. The summed E-state index contributed by atoms with van der Waals surface area (Å²) in [6.07, 6.45) is 3.26. The number of hydrogen-bond donors (Lipinski definition) is 1. The van der Waals surface area contributed by atoms with Crippen molar-refractivity contribution in [2.75, 3.05) is 19.6 Å². The van der Waals surface area contributed by atoms with Crippen LogP contribution in [0.1, 0.15) is 56.2 Å². The maximum absolute atomic E-state index is 13.2. The molecule has 0 unspecified atom stereocenters. The van der Waals surface area contributed by atoms with Crippen LogP contribution in [0.4, 0.5) is 0 Å². The Kier molecular flexibility index (Phi) is 6.07. The van der Waals surface area contributed by atoms with Crippen LogP contribution >= 0.6 is 0 Å². The Morgan fingerprint density at radius 1 is 1.03 bits per heavy atom. The number of nitrogens with one attached hydrogen (secondary N) is 1. The quantitative estimate of drug-likeness (QED) is 0.498. The molecule has 0 radical (unpaired) electrons. The van der Waals surface area contributed by atoms with Gasteiger partial charge in [-0.3, -0.25) is 9.59 Å². The maximum Gasteiger partial charge on any atom is 0.224 e. The van der Waals surface area contributed by atoms with E-state index >= 15 is 0 Å². The minimum absolute atomic E-state index is 0.0139. The second-order valence-corrected chi connectivity index (χ2v) is 11.0. The number of para-hydroxylation sites is 1. The highest BCUT2D eigenvalue weighted by atomic mass is 16.3. The van der Waals surface area contributed by atoms with Crippen molar-refractivity contribution in [3.63, 3.8) is 0 Å². The number of carbonyl (C=O) groups excluding carboxylic acids is 2. The van der Waals surface area contributed by atoms with Gasteiger partial charge in [0.05, 0.1) is 6.42 Å². The molecule has 3 saturated heterocycles. The first-order chi connectivity index (χ1) is 16.3. The van der Waals surface area contributed by atoms with Crippen molar-refractivity contribution in [1.82, 2.24) is 10.2 Å². The number of amides is 1. The third-order valence-corrected chi connectivity index (χ3v) is 7.23. The minimum Gasteiger partial charge on any atom is -0.452 e. The van der Waals surface area contributed by atoms with Gasteiger partial charge >= 0.3 is 0 Å². The Hall–Kier alpha value is -2.92. The summed E-state index contributed by atoms with van der Waals surface area (Å²) in [5, 5.41) is 3.96. The Bertz CT molecular complexity index is 1210. The van der Waals surface area contributed by atoms with Gasteiger partial charge in [-0.15, -0.1) is 0 Å². The molecule has 3 aliphatic heterocycles. The second kappa shape index (κ2) is 9.03. The van der Waals surface area contributed by atoms with Gasteiger partial charge < -0.3 is 14.6 Å². The van der Waals surface area contributed by atoms with Crippen LogP contribution in [-0.2, 0) is 11.2 Å². The van der Waals surface area contributed by atoms with E-state index in [2.05, 4.69) is 10.2 Å². The lowest BCUT2D eigenvalue weighted by Crippen LogP contribution is -2.47. The van der Waals surface area contributed by atoms with Crippen molar-refractivity contribution in [1.29, 1.82) is 0 Å². The highest BCUT2D eigenvalue weighted by Crippen LogP contribution is 2.37. The summed E-state index contributed by atoms with van der Waals surface area (Å²) >= 11 is 0. The molecular formula is C29H34N2O3. The number of furan rings is 1. The topological polar surface area (TPSA) is 62.6 Å². The first kappa shape index (κ1) is 22.9. The molecule has 3 aliphatic rings. The van der Waals surface area contributed by atoms with Crippen LogP contribution in [0.5, 0.6) is 0 Å². The number of nitrogens with zero attached hydrogens (tertiary/aromatic N) is 1. The normalized spacial score (nSPS) is 22.1. The van der Waals surface area contributed by atoms with Gasteiger partial charge in [-0.1, -0.05) is 42.5 Å². The number of carbonyl (C=O) groups is 2. The molecule has 1 amide bonds. The third kappa shape index (κ3) is 4.80. The molecule has 6 rings (SSSR count). The zero-order valence-electron chi connectivity index (χ0n) is 20.4. The van der Waals surface area contributed by atoms with Crippen LogP contribution < -0.4 is 5.32 Å². The summed E-state index contributed by atoms with van der Waals surface area (Å²) < 4.78 is 6.21. The fraction of sp³-hybridized carbons (Fsp3) is 0.448. The van der Waals surface area contributed by atoms with E-state index in [4.69, 9.17) is 4.42 Å². The molecule has 3 fully saturated rings. The van der Waals surface area contributed by atoms with Gasteiger partial charge in [-0.05, 0) is 75.7 Å². The van der Waals surface area contributed by atoms with Crippen molar-refractivity contribution < 1.29 is 14.0 Å². The maximum atomic E-state index is 13.2. The van der Waals surface area contributed by atoms with Gasteiger partial charge in [0.25, 0.3) is 0 Å². The van der Waals surface area contributed by atoms with Crippen LogP contribution in [0.2, 0.25) is 0 Å². The van der Waals surface area contributed by atoms with Crippen molar-refractivity contribution in [2.45, 2.75) is 52.0 Å². The van der Waals surface area contributed by atoms with E-state index in [1.165, 1.54) is 25.9 Å². The Balaban J connectivity index is 1.41. The first-order valence-electron chi connectivity index (χ1n) is 12.4. The van der Waals surface area contributed by atoms with Gasteiger partial charge in [0.1, 0.15) is 5.58 Å². The predicted octanol–water partition coefficient (Wildman–Crippen LogP) is 5.47. The average Bonchev–Trinajstić information content (AvgIpc) is 3.24. The van der Waals surface area contributed by atoms with E-state index < -0.39 is 0 Å². The summed E-state index contributed by atoms with van der Waals surface area (Å²) in [5.74, 6) is 1.63. The molecule has 0 saturated carbocycles. The molecule has 0 spiro atoms. The number of fused-ring (bicyclic) bond motifs is 4. The fourth-order valence-corrected chi connectivity index (χ4v) is 5.64. The summed E-state index contributed by atoms with van der Waals surface area (Å²) in [7, 11) is 0. The van der Waals surface area contributed by atoms with E-state index in [9.17, 15) is 9.59 Å². The van der Waals surface area contributed by atoms with Crippen LogP contribution in [0.3, 0.4) is 0 Å².